The molecule has 0 fully saturated rings. The van der Waals surface area contributed by atoms with Gasteiger partial charge < -0.3 is 5.11 Å². The van der Waals surface area contributed by atoms with Gasteiger partial charge in [-0.3, -0.25) is 0 Å². The Bertz CT molecular complexity index is 283. The number of rotatable bonds is 2. The van der Waals surface area contributed by atoms with Crippen molar-refractivity contribution in [3.8, 4) is 0 Å². The van der Waals surface area contributed by atoms with E-state index in [4.69, 9.17) is 23.2 Å². The summed E-state index contributed by atoms with van der Waals surface area (Å²) in [6.07, 6.45) is -1.54. The number of aliphatic hydroxyl groups is 1. The largest absolute Gasteiger partial charge is 0.382 e. The molecule has 0 aliphatic rings. The SMILES string of the molecule is OC(c1ccc(Br)cc1)C(F)(Cl)Cl. The normalized spacial score (nSPS) is 14.2. The van der Waals surface area contributed by atoms with E-state index < -0.39 is 10.7 Å². The average molecular weight is 288 g/mol. The maximum atomic E-state index is 12.8. The molecule has 0 bridgehead atoms. The van der Waals surface area contributed by atoms with Crippen LogP contribution in [-0.2, 0) is 0 Å². The molecule has 0 aliphatic heterocycles. The molecule has 0 radical (unpaired) electrons. The van der Waals surface area contributed by atoms with Crippen LogP contribution >= 0.6 is 39.1 Å². The van der Waals surface area contributed by atoms with E-state index in [1.807, 2.05) is 0 Å². The predicted octanol–water partition coefficient (Wildman–Crippen LogP) is 3.58. The maximum absolute atomic E-state index is 12.8. The first kappa shape index (κ1) is 11.2. The Kier molecular flexibility index (Phi) is 3.57. The molecular formula is C8H6BrCl2FO. The minimum atomic E-state index is -2.66. The van der Waals surface area contributed by atoms with Crippen molar-refractivity contribution in [3.05, 3.63) is 34.3 Å². The fourth-order valence-electron chi connectivity index (χ4n) is 0.834. The second-order valence-electron chi connectivity index (χ2n) is 2.50. The van der Waals surface area contributed by atoms with E-state index >= 15 is 0 Å². The van der Waals surface area contributed by atoms with E-state index in [0.717, 1.165) is 4.47 Å². The van der Waals surface area contributed by atoms with Crippen LogP contribution in [0.1, 0.15) is 11.7 Å². The highest BCUT2D eigenvalue weighted by molar-refractivity contribution is 9.10. The standard InChI is InChI=1S/C8H6BrCl2FO/c9-6-3-1-5(2-4-6)7(13)8(10,11)12/h1-4,7,13H. The summed E-state index contributed by atoms with van der Waals surface area (Å²) in [6.45, 7) is 0. The lowest BCUT2D eigenvalue weighted by atomic mass is 10.1. The second kappa shape index (κ2) is 4.13. The lowest BCUT2D eigenvalue weighted by Crippen LogP contribution is -2.17. The van der Waals surface area contributed by atoms with Gasteiger partial charge in [0.05, 0.1) is 0 Å². The molecular weight excluding hydrogens is 282 g/mol. The van der Waals surface area contributed by atoms with Crippen molar-refractivity contribution in [1.29, 1.82) is 0 Å². The molecule has 0 aliphatic carbocycles. The minimum absolute atomic E-state index is 0.329. The molecule has 1 unspecified atom stereocenters. The van der Waals surface area contributed by atoms with Gasteiger partial charge in [-0.15, -0.1) is 0 Å². The first-order chi connectivity index (χ1) is 5.91. The summed E-state index contributed by atoms with van der Waals surface area (Å²) in [7, 11) is 0. The molecule has 1 nitrogen and oxygen atoms in total. The zero-order valence-electron chi connectivity index (χ0n) is 6.35. The molecule has 1 rings (SSSR count). The van der Waals surface area contributed by atoms with Crippen molar-refractivity contribution in [3.63, 3.8) is 0 Å². The van der Waals surface area contributed by atoms with Crippen LogP contribution in [0.25, 0.3) is 0 Å². The Morgan fingerprint density at radius 1 is 1.31 bits per heavy atom. The highest BCUT2D eigenvalue weighted by Gasteiger charge is 2.34. The van der Waals surface area contributed by atoms with Gasteiger partial charge in [-0.1, -0.05) is 51.3 Å². The van der Waals surface area contributed by atoms with Gasteiger partial charge in [0, 0.05) is 4.47 Å². The van der Waals surface area contributed by atoms with E-state index in [1.165, 1.54) is 12.1 Å². The predicted molar refractivity (Wildman–Crippen MR) is 54.6 cm³/mol. The minimum Gasteiger partial charge on any atom is -0.382 e. The maximum Gasteiger partial charge on any atom is 0.287 e. The van der Waals surface area contributed by atoms with Gasteiger partial charge in [-0.25, -0.2) is 4.39 Å². The number of hydrogen-bond acceptors (Lipinski definition) is 1. The molecule has 1 aromatic carbocycles. The zero-order valence-corrected chi connectivity index (χ0v) is 9.44. The van der Waals surface area contributed by atoms with E-state index in [1.54, 1.807) is 12.1 Å². The monoisotopic (exact) mass is 286 g/mol. The van der Waals surface area contributed by atoms with Gasteiger partial charge in [-0.2, -0.15) is 0 Å². The van der Waals surface area contributed by atoms with Gasteiger partial charge in [0.1, 0.15) is 6.10 Å². The van der Waals surface area contributed by atoms with Gasteiger partial charge in [0.15, 0.2) is 0 Å². The summed E-state index contributed by atoms with van der Waals surface area (Å²) in [6, 6.07) is 6.40. The van der Waals surface area contributed by atoms with Gasteiger partial charge >= 0.3 is 0 Å². The van der Waals surface area contributed by atoms with Crippen LogP contribution in [0.15, 0.2) is 28.7 Å². The molecule has 72 valence electrons. The number of aliphatic hydroxyl groups excluding tert-OH is 1. The summed E-state index contributed by atoms with van der Waals surface area (Å²) >= 11 is 13.4. The lowest BCUT2D eigenvalue weighted by Gasteiger charge is -2.17. The van der Waals surface area contributed by atoms with E-state index in [0.29, 0.717) is 5.56 Å². The molecule has 0 amide bonds. The summed E-state index contributed by atoms with van der Waals surface area (Å²) in [4.78, 5) is 0. The topological polar surface area (TPSA) is 20.2 Å². The van der Waals surface area contributed by atoms with Crippen LogP contribution < -0.4 is 0 Å². The van der Waals surface area contributed by atoms with E-state index in [-0.39, 0.29) is 0 Å². The van der Waals surface area contributed by atoms with Gasteiger partial charge in [0.25, 0.3) is 4.59 Å². The molecule has 1 N–H and O–H groups in total. The van der Waals surface area contributed by atoms with Crippen LogP contribution in [0.4, 0.5) is 4.39 Å². The van der Waals surface area contributed by atoms with Gasteiger partial charge in [-0.05, 0) is 17.7 Å². The Hall–Kier alpha value is 0.170. The summed E-state index contributed by atoms with van der Waals surface area (Å²) < 4.78 is 11.0. The molecule has 0 aromatic heterocycles. The van der Waals surface area contributed by atoms with E-state index in [2.05, 4.69) is 15.9 Å². The Balaban J connectivity index is 2.90. The Morgan fingerprint density at radius 3 is 2.15 bits per heavy atom. The van der Waals surface area contributed by atoms with Crippen molar-refractivity contribution >= 4 is 39.1 Å². The molecule has 5 heteroatoms. The van der Waals surface area contributed by atoms with Crippen molar-refractivity contribution in [2.24, 2.45) is 0 Å². The van der Waals surface area contributed by atoms with Crippen LogP contribution in [0.5, 0.6) is 0 Å². The van der Waals surface area contributed by atoms with Crippen molar-refractivity contribution in [1.82, 2.24) is 0 Å². The summed E-state index contributed by atoms with van der Waals surface area (Å²) in [5, 5.41) is 9.29. The highest BCUT2D eigenvalue weighted by Crippen LogP contribution is 2.37. The van der Waals surface area contributed by atoms with Crippen LogP contribution in [0.2, 0.25) is 0 Å². The summed E-state index contributed by atoms with van der Waals surface area (Å²) in [5.41, 5.74) is 0.329. The van der Waals surface area contributed by atoms with Crippen molar-refractivity contribution in [2.45, 2.75) is 10.7 Å². The molecule has 1 atom stereocenters. The van der Waals surface area contributed by atoms with Crippen molar-refractivity contribution < 1.29 is 9.50 Å². The van der Waals surface area contributed by atoms with Gasteiger partial charge in [0.2, 0.25) is 0 Å². The van der Waals surface area contributed by atoms with E-state index in [9.17, 15) is 9.50 Å². The fraction of sp³-hybridized carbons (Fsp3) is 0.250. The number of hydrogen-bond donors (Lipinski definition) is 1. The zero-order chi connectivity index (χ0) is 10.1. The smallest absolute Gasteiger partial charge is 0.287 e. The highest BCUT2D eigenvalue weighted by atomic mass is 79.9. The molecule has 0 saturated carbocycles. The number of benzene rings is 1. The molecule has 1 aromatic rings. The second-order valence-corrected chi connectivity index (χ2v) is 4.70. The third-order valence-corrected chi connectivity index (χ3v) is 2.44. The quantitative estimate of drug-likeness (QED) is 0.825. The van der Waals surface area contributed by atoms with Crippen LogP contribution in [0.3, 0.4) is 0 Å². The third-order valence-electron chi connectivity index (χ3n) is 1.50. The Labute approximate surface area is 93.6 Å². The fourth-order valence-corrected chi connectivity index (χ4v) is 1.35. The molecule has 0 saturated heterocycles. The molecule has 0 spiro atoms. The molecule has 13 heavy (non-hydrogen) atoms. The molecule has 0 heterocycles. The van der Waals surface area contributed by atoms with Crippen LogP contribution in [0, 0.1) is 0 Å². The lowest BCUT2D eigenvalue weighted by molar-refractivity contribution is 0.0980. The number of alkyl halides is 3. The third kappa shape index (κ3) is 3.09. The first-order valence-electron chi connectivity index (χ1n) is 3.41. The summed E-state index contributed by atoms with van der Waals surface area (Å²) in [5.74, 6) is 0. The average Bonchev–Trinajstić information content (AvgIpc) is 2.03. The number of halogens is 4. The first-order valence-corrected chi connectivity index (χ1v) is 4.96. The van der Waals surface area contributed by atoms with Crippen LogP contribution in [-0.4, -0.2) is 9.69 Å². The van der Waals surface area contributed by atoms with Crippen molar-refractivity contribution in [2.75, 3.05) is 0 Å². The Morgan fingerprint density at radius 2 is 1.77 bits per heavy atom.